The van der Waals surface area contributed by atoms with Crippen molar-refractivity contribution in [1.29, 1.82) is 0 Å². The number of carbonyl (C=O) groups excluding carboxylic acids is 1. The lowest BCUT2D eigenvalue weighted by atomic mass is 9.84. The summed E-state index contributed by atoms with van der Waals surface area (Å²) < 4.78 is 3.83. The van der Waals surface area contributed by atoms with Crippen LogP contribution in [0.3, 0.4) is 0 Å². The van der Waals surface area contributed by atoms with Gasteiger partial charge in [-0.05, 0) is 51.3 Å². The van der Waals surface area contributed by atoms with E-state index in [4.69, 9.17) is 0 Å². The molecule has 19 heavy (non-hydrogen) atoms. The molecule has 1 fully saturated rings. The molecular weight excluding hydrogens is 260 g/mol. The van der Waals surface area contributed by atoms with Gasteiger partial charge in [-0.25, -0.2) is 0 Å². The first kappa shape index (κ1) is 14.4. The third-order valence-electron chi connectivity index (χ3n) is 3.69. The minimum atomic E-state index is -0.0677. The van der Waals surface area contributed by atoms with Crippen LogP contribution < -0.4 is 5.32 Å². The summed E-state index contributed by atoms with van der Waals surface area (Å²) in [6.07, 6.45) is 4.73. The SMILES string of the molecule is Cc1snnc1C(=O)NC1CCCCC1CN(C)C. The number of amides is 1. The fraction of sp³-hybridized carbons (Fsp3) is 0.769. The Balaban J connectivity index is 1.99. The average molecular weight is 282 g/mol. The van der Waals surface area contributed by atoms with E-state index >= 15 is 0 Å². The Labute approximate surface area is 118 Å². The highest BCUT2D eigenvalue weighted by Crippen LogP contribution is 2.25. The summed E-state index contributed by atoms with van der Waals surface area (Å²) in [7, 11) is 4.17. The van der Waals surface area contributed by atoms with E-state index in [0.29, 0.717) is 11.6 Å². The maximum atomic E-state index is 12.2. The van der Waals surface area contributed by atoms with E-state index in [-0.39, 0.29) is 11.9 Å². The zero-order valence-corrected chi connectivity index (χ0v) is 12.7. The molecule has 1 aromatic heterocycles. The van der Waals surface area contributed by atoms with Crippen LogP contribution in [-0.4, -0.2) is 47.1 Å². The van der Waals surface area contributed by atoms with Gasteiger partial charge in [0.1, 0.15) is 0 Å². The molecule has 1 heterocycles. The van der Waals surface area contributed by atoms with Crippen LogP contribution >= 0.6 is 11.5 Å². The third kappa shape index (κ3) is 3.73. The Morgan fingerprint density at radius 3 is 2.79 bits per heavy atom. The summed E-state index contributed by atoms with van der Waals surface area (Å²) in [6, 6.07) is 0.268. The Bertz CT molecular complexity index is 432. The number of nitrogens with one attached hydrogen (secondary N) is 1. The van der Waals surface area contributed by atoms with Crippen molar-refractivity contribution >= 4 is 17.4 Å². The van der Waals surface area contributed by atoms with E-state index in [9.17, 15) is 4.79 Å². The number of aromatic nitrogens is 2. The van der Waals surface area contributed by atoms with E-state index in [1.54, 1.807) is 0 Å². The molecule has 0 aromatic carbocycles. The van der Waals surface area contributed by atoms with Crippen LogP contribution in [0.25, 0.3) is 0 Å². The normalized spacial score (nSPS) is 23.6. The summed E-state index contributed by atoms with van der Waals surface area (Å²) >= 11 is 1.28. The lowest BCUT2D eigenvalue weighted by Gasteiger charge is -2.33. The predicted molar refractivity (Wildman–Crippen MR) is 76.4 cm³/mol. The fourth-order valence-corrected chi connectivity index (χ4v) is 3.23. The number of carbonyl (C=O) groups is 1. The number of hydrogen-bond donors (Lipinski definition) is 1. The van der Waals surface area contributed by atoms with Gasteiger partial charge in [0.15, 0.2) is 5.69 Å². The smallest absolute Gasteiger partial charge is 0.273 e. The quantitative estimate of drug-likeness (QED) is 0.913. The number of rotatable bonds is 4. The van der Waals surface area contributed by atoms with E-state index in [2.05, 4.69) is 33.9 Å². The molecule has 0 bridgehead atoms. The van der Waals surface area contributed by atoms with Crippen molar-refractivity contribution in [3.8, 4) is 0 Å². The van der Waals surface area contributed by atoms with Gasteiger partial charge in [-0.1, -0.05) is 17.3 Å². The van der Waals surface area contributed by atoms with Crippen LogP contribution in [0.4, 0.5) is 0 Å². The van der Waals surface area contributed by atoms with Crippen molar-refractivity contribution in [1.82, 2.24) is 19.8 Å². The molecule has 2 atom stereocenters. The molecule has 0 radical (unpaired) electrons. The van der Waals surface area contributed by atoms with Crippen molar-refractivity contribution in [2.45, 2.75) is 38.6 Å². The largest absolute Gasteiger partial charge is 0.348 e. The molecule has 1 aromatic rings. The van der Waals surface area contributed by atoms with Gasteiger partial charge in [-0.3, -0.25) is 4.79 Å². The van der Waals surface area contributed by atoms with E-state index in [1.165, 1.54) is 30.8 Å². The first-order valence-corrected chi connectivity index (χ1v) is 7.60. The molecule has 1 amide bonds. The maximum Gasteiger partial charge on any atom is 0.273 e. The van der Waals surface area contributed by atoms with E-state index in [0.717, 1.165) is 17.8 Å². The van der Waals surface area contributed by atoms with Crippen LogP contribution in [-0.2, 0) is 0 Å². The first-order chi connectivity index (χ1) is 9.08. The van der Waals surface area contributed by atoms with Gasteiger partial charge in [-0.2, -0.15) is 0 Å². The summed E-state index contributed by atoms with van der Waals surface area (Å²) in [4.78, 5) is 15.3. The zero-order valence-electron chi connectivity index (χ0n) is 11.8. The summed E-state index contributed by atoms with van der Waals surface area (Å²) in [6.45, 7) is 2.91. The van der Waals surface area contributed by atoms with Crippen molar-refractivity contribution < 1.29 is 4.79 Å². The topological polar surface area (TPSA) is 58.1 Å². The molecule has 1 aliphatic carbocycles. The summed E-state index contributed by atoms with van der Waals surface area (Å²) in [5.41, 5.74) is 0.485. The molecule has 0 saturated heterocycles. The fourth-order valence-electron chi connectivity index (χ4n) is 2.76. The van der Waals surface area contributed by atoms with Gasteiger partial charge >= 0.3 is 0 Å². The van der Waals surface area contributed by atoms with Crippen LogP contribution in [0.15, 0.2) is 0 Å². The molecule has 0 spiro atoms. The Morgan fingerprint density at radius 1 is 1.42 bits per heavy atom. The molecule has 1 aliphatic rings. The van der Waals surface area contributed by atoms with Gasteiger partial charge < -0.3 is 10.2 Å². The Hall–Kier alpha value is -1.01. The highest BCUT2D eigenvalue weighted by atomic mass is 32.1. The predicted octanol–water partition coefficient (Wildman–Crippen LogP) is 1.70. The van der Waals surface area contributed by atoms with Gasteiger partial charge in [0.05, 0.1) is 4.88 Å². The number of nitrogens with zero attached hydrogens (tertiary/aromatic N) is 3. The van der Waals surface area contributed by atoms with Crippen LogP contribution in [0, 0.1) is 12.8 Å². The minimum absolute atomic E-state index is 0.0677. The number of hydrogen-bond acceptors (Lipinski definition) is 5. The highest BCUT2D eigenvalue weighted by molar-refractivity contribution is 7.05. The monoisotopic (exact) mass is 282 g/mol. The minimum Gasteiger partial charge on any atom is -0.348 e. The second-order valence-corrected chi connectivity index (χ2v) is 6.52. The molecule has 5 nitrogen and oxygen atoms in total. The van der Waals surface area contributed by atoms with Gasteiger partial charge in [0, 0.05) is 12.6 Å². The average Bonchev–Trinajstić information content (AvgIpc) is 2.77. The molecule has 0 aliphatic heterocycles. The molecular formula is C13H22N4OS. The highest BCUT2D eigenvalue weighted by Gasteiger charge is 2.28. The number of aryl methyl sites for hydroxylation is 1. The standard InChI is InChI=1S/C13H22N4OS/c1-9-12(15-16-19-9)13(18)14-11-7-5-4-6-10(11)8-17(2)3/h10-11H,4-8H2,1-3H3,(H,14,18). The van der Waals surface area contributed by atoms with Crippen molar-refractivity contribution in [3.05, 3.63) is 10.6 Å². The van der Waals surface area contributed by atoms with Crippen LogP contribution in [0.2, 0.25) is 0 Å². The molecule has 106 valence electrons. The molecule has 1 N–H and O–H groups in total. The lowest BCUT2D eigenvalue weighted by molar-refractivity contribution is 0.0889. The Morgan fingerprint density at radius 2 is 2.16 bits per heavy atom. The first-order valence-electron chi connectivity index (χ1n) is 6.82. The Kier molecular flexibility index (Phi) is 4.87. The van der Waals surface area contributed by atoms with Crippen molar-refractivity contribution in [3.63, 3.8) is 0 Å². The van der Waals surface area contributed by atoms with Gasteiger partial charge in [0.2, 0.25) is 0 Å². The van der Waals surface area contributed by atoms with Gasteiger partial charge in [-0.15, -0.1) is 5.10 Å². The third-order valence-corrected chi connectivity index (χ3v) is 4.32. The zero-order chi connectivity index (χ0) is 13.8. The molecule has 2 unspecified atom stereocenters. The molecule has 1 saturated carbocycles. The van der Waals surface area contributed by atoms with Crippen LogP contribution in [0.5, 0.6) is 0 Å². The van der Waals surface area contributed by atoms with Crippen molar-refractivity contribution in [2.75, 3.05) is 20.6 Å². The molecule has 6 heteroatoms. The maximum absolute atomic E-state index is 12.2. The van der Waals surface area contributed by atoms with E-state index in [1.807, 2.05) is 6.92 Å². The molecule has 2 rings (SSSR count). The van der Waals surface area contributed by atoms with Crippen molar-refractivity contribution in [2.24, 2.45) is 5.92 Å². The summed E-state index contributed by atoms with van der Waals surface area (Å²) in [5, 5.41) is 7.07. The van der Waals surface area contributed by atoms with Crippen LogP contribution in [0.1, 0.15) is 41.0 Å². The second-order valence-electron chi connectivity index (χ2n) is 5.56. The van der Waals surface area contributed by atoms with E-state index < -0.39 is 0 Å². The second kappa shape index (κ2) is 6.43. The summed E-state index contributed by atoms with van der Waals surface area (Å²) in [5.74, 6) is 0.474. The lowest BCUT2D eigenvalue weighted by Crippen LogP contribution is -2.45. The van der Waals surface area contributed by atoms with Gasteiger partial charge in [0.25, 0.3) is 5.91 Å².